The van der Waals surface area contributed by atoms with E-state index in [9.17, 15) is 4.79 Å². The molecule has 0 aliphatic carbocycles. The molecule has 5 heteroatoms. The van der Waals surface area contributed by atoms with E-state index in [2.05, 4.69) is 10.5 Å². The lowest BCUT2D eigenvalue weighted by atomic mass is 10.1. The molecule has 1 aromatic carbocycles. The Labute approximate surface area is 111 Å². The van der Waals surface area contributed by atoms with E-state index < -0.39 is 0 Å². The standard InChI is InChI=1S/C14H15N3O2/c1-10-12-7-8-17(9-13(12)19-16-10)14(18)15-11-5-3-2-4-6-11/h2-6H,7-9H2,1H3,(H,15,18). The van der Waals surface area contributed by atoms with E-state index in [0.717, 1.165) is 29.1 Å². The van der Waals surface area contributed by atoms with E-state index in [1.807, 2.05) is 37.3 Å². The minimum absolute atomic E-state index is 0.106. The highest BCUT2D eigenvalue weighted by molar-refractivity contribution is 5.89. The smallest absolute Gasteiger partial charge is 0.322 e. The second-order valence-electron chi connectivity index (χ2n) is 4.64. The van der Waals surface area contributed by atoms with Crippen molar-refractivity contribution in [2.45, 2.75) is 19.9 Å². The molecule has 0 unspecified atom stereocenters. The fourth-order valence-electron chi connectivity index (χ4n) is 2.28. The number of carbonyl (C=O) groups excluding carboxylic acids is 1. The summed E-state index contributed by atoms with van der Waals surface area (Å²) in [6, 6.07) is 9.33. The van der Waals surface area contributed by atoms with Crippen LogP contribution in [-0.4, -0.2) is 22.6 Å². The molecule has 0 fully saturated rings. The van der Waals surface area contributed by atoms with Crippen molar-refractivity contribution in [1.29, 1.82) is 0 Å². The number of aromatic nitrogens is 1. The third kappa shape index (κ3) is 2.31. The molecule has 1 aliphatic heterocycles. The van der Waals surface area contributed by atoms with Crippen LogP contribution in [0.5, 0.6) is 0 Å². The average molecular weight is 257 g/mol. The number of benzene rings is 1. The molecule has 3 rings (SSSR count). The lowest BCUT2D eigenvalue weighted by Gasteiger charge is -2.25. The molecule has 0 bridgehead atoms. The number of carbonyl (C=O) groups is 1. The summed E-state index contributed by atoms with van der Waals surface area (Å²) >= 11 is 0. The molecule has 0 saturated heterocycles. The van der Waals surface area contributed by atoms with Gasteiger partial charge in [-0.1, -0.05) is 23.4 Å². The van der Waals surface area contributed by atoms with E-state index in [4.69, 9.17) is 4.52 Å². The van der Waals surface area contributed by atoms with Gasteiger partial charge in [0.1, 0.15) is 0 Å². The van der Waals surface area contributed by atoms with Crippen molar-refractivity contribution in [2.24, 2.45) is 0 Å². The molecule has 1 aliphatic rings. The second kappa shape index (κ2) is 4.76. The highest BCUT2D eigenvalue weighted by Crippen LogP contribution is 2.22. The van der Waals surface area contributed by atoms with Crippen LogP contribution in [0.1, 0.15) is 17.0 Å². The Morgan fingerprint density at radius 2 is 2.16 bits per heavy atom. The number of urea groups is 1. The molecule has 5 nitrogen and oxygen atoms in total. The molecule has 1 aromatic heterocycles. The maximum absolute atomic E-state index is 12.1. The molecule has 0 spiro atoms. The summed E-state index contributed by atoms with van der Waals surface area (Å²) in [5, 5.41) is 6.82. The molecular formula is C14H15N3O2. The summed E-state index contributed by atoms with van der Waals surface area (Å²) in [4.78, 5) is 13.9. The van der Waals surface area contributed by atoms with Gasteiger partial charge in [0.2, 0.25) is 0 Å². The molecule has 0 radical (unpaired) electrons. The van der Waals surface area contributed by atoms with Gasteiger partial charge in [0.05, 0.1) is 12.2 Å². The summed E-state index contributed by atoms with van der Waals surface area (Å²) < 4.78 is 5.25. The Balaban J connectivity index is 1.69. The number of hydrogen-bond acceptors (Lipinski definition) is 3. The summed E-state index contributed by atoms with van der Waals surface area (Å²) in [6.45, 7) is 3.10. The van der Waals surface area contributed by atoms with Crippen LogP contribution in [0.25, 0.3) is 0 Å². The molecular weight excluding hydrogens is 242 g/mol. The summed E-state index contributed by atoms with van der Waals surface area (Å²) in [5.74, 6) is 0.798. The number of para-hydroxylation sites is 1. The first-order valence-electron chi connectivity index (χ1n) is 6.29. The zero-order valence-corrected chi connectivity index (χ0v) is 10.7. The number of hydrogen-bond donors (Lipinski definition) is 1. The quantitative estimate of drug-likeness (QED) is 0.854. The van der Waals surface area contributed by atoms with Gasteiger partial charge >= 0.3 is 6.03 Å². The van der Waals surface area contributed by atoms with Crippen molar-refractivity contribution in [2.75, 3.05) is 11.9 Å². The number of aryl methyl sites for hydroxylation is 1. The highest BCUT2D eigenvalue weighted by Gasteiger charge is 2.25. The number of nitrogens with zero attached hydrogens (tertiary/aromatic N) is 2. The maximum atomic E-state index is 12.1. The molecule has 2 amide bonds. The van der Waals surface area contributed by atoms with Crippen LogP contribution in [0.4, 0.5) is 10.5 Å². The van der Waals surface area contributed by atoms with Crippen LogP contribution < -0.4 is 5.32 Å². The number of amides is 2. The Morgan fingerprint density at radius 1 is 1.37 bits per heavy atom. The van der Waals surface area contributed by atoms with Crippen molar-refractivity contribution in [3.8, 4) is 0 Å². The van der Waals surface area contributed by atoms with Crippen LogP contribution in [0.15, 0.2) is 34.9 Å². The van der Waals surface area contributed by atoms with Crippen LogP contribution in [0, 0.1) is 6.92 Å². The maximum Gasteiger partial charge on any atom is 0.322 e. The predicted molar refractivity (Wildman–Crippen MR) is 70.8 cm³/mol. The van der Waals surface area contributed by atoms with E-state index in [1.54, 1.807) is 4.90 Å². The van der Waals surface area contributed by atoms with Gasteiger partial charge in [0.15, 0.2) is 5.76 Å². The number of nitrogens with one attached hydrogen (secondary N) is 1. The first-order valence-corrected chi connectivity index (χ1v) is 6.29. The van der Waals surface area contributed by atoms with Crippen LogP contribution in [-0.2, 0) is 13.0 Å². The second-order valence-corrected chi connectivity index (χ2v) is 4.64. The Bertz CT molecular complexity index is 592. The monoisotopic (exact) mass is 257 g/mol. The van der Waals surface area contributed by atoms with Gasteiger partial charge in [0.25, 0.3) is 0 Å². The van der Waals surface area contributed by atoms with Crippen LogP contribution in [0.2, 0.25) is 0 Å². The zero-order chi connectivity index (χ0) is 13.2. The van der Waals surface area contributed by atoms with Crippen molar-refractivity contribution >= 4 is 11.7 Å². The van der Waals surface area contributed by atoms with E-state index in [0.29, 0.717) is 13.1 Å². The molecule has 2 aromatic rings. The Morgan fingerprint density at radius 3 is 2.95 bits per heavy atom. The van der Waals surface area contributed by atoms with Gasteiger partial charge in [-0.05, 0) is 25.5 Å². The first-order chi connectivity index (χ1) is 9.24. The van der Waals surface area contributed by atoms with Crippen molar-refractivity contribution < 1.29 is 9.32 Å². The fraction of sp³-hybridized carbons (Fsp3) is 0.286. The third-order valence-electron chi connectivity index (χ3n) is 3.34. The van der Waals surface area contributed by atoms with Gasteiger partial charge in [0, 0.05) is 17.8 Å². The highest BCUT2D eigenvalue weighted by atomic mass is 16.5. The van der Waals surface area contributed by atoms with Gasteiger partial charge < -0.3 is 14.7 Å². The fourth-order valence-corrected chi connectivity index (χ4v) is 2.28. The number of fused-ring (bicyclic) bond motifs is 1. The van der Waals surface area contributed by atoms with Crippen LogP contribution in [0.3, 0.4) is 0 Å². The van der Waals surface area contributed by atoms with Gasteiger partial charge in [-0.2, -0.15) is 0 Å². The summed E-state index contributed by atoms with van der Waals surface area (Å²) in [5.41, 5.74) is 2.87. The molecule has 1 N–H and O–H groups in total. The minimum Gasteiger partial charge on any atom is -0.359 e. The topological polar surface area (TPSA) is 58.4 Å². The normalized spacial score (nSPS) is 14.1. The van der Waals surface area contributed by atoms with Gasteiger partial charge in [-0.3, -0.25) is 0 Å². The predicted octanol–water partition coefficient (Wildman–Crippen LogP) is 2.57. The van der Waals surface area contributed by atoms with Gasteiger partial charge in [-0.25, -0.2) is 4.79 Å². The lowest BCUT2D eigenvalue weighted by Crippen LogP contribution is -2.38. The largest absolute Gasteiger partial charge is 0.359 e. The minimum atomic E-state index is -0.106. The average Bonchev–Trinajstić information content (AvgIpc) is 2.81. The summed E-state index contributed by atoms with van der Waals surface area (Å²) in [6.07, 6.45) is 0.798. The Hall–Kier alpha value is -2.30. The Kier molecular flexibility index (Phi) is 2.95. The van der Waals surface area contributed by atoms with Crippen molar-refractivity contribution in [3.05, 3.63) is 47.3 Å². The molecule has 0 saturated carbocycles. The van der Waals surface area contributed by atoms with E-state index in [1.165, 1.54) is 0 Å². The van der Waals surface area contributed by atoms with Crippen molar-refractivity contribution in [1.82, 2.24) is 10.1 Å². The van der Waals surface area contributed by atoms with Crippen molar-refractivity contribution in [3.63, 3.8) is 0 Å². The molecule has 0 atom stereocenters. The lowest BCUT2D eigenvalue weighted by molar-refractivity contribution is 0.196. The zero-order valence-electron chi connectivity index (χ0n) is 10.7. The van der Waals surface area contributed by atoms with Crippen LogP contribution >= 0.6 is 0 Å². The molecule has 98 valence electrons. The summed E-state index contributed by atoms with van der Waals surface area (Å²) in [7, 11) is 0. The molecule has 2 heterocycles. The SMILES string of the molecule is Cc1noc2c1CCN(C(=O)Nc1ccccc1)C2. The van der Waals surface area contributed by atoms with E-state index in [-0.39, 0.29) is 6.03 Å². The number of anilines is 1. The van der Waals surface area contributed by atoms with Gasteiger partial charge in [-0.15, -0.1) is 0 Å². The molecule has 19 heavy (non-hydrogen) atoms. The third-order valence-corrected chi connectivity index (χ3v) is 3.34. The number of rotatable bonds is 1. The van der Waals surface area contributed by atoms with E-state index >= 15 is 0 Å². The first kappa shape index (κ1) is 11.8.